The Hall–Kier alpha value is -1.30. The van der Waals surface area contributed by atoms with Crippen LogP contribution in [-0.2, 0) is 0 Å². The molecule has 0 aliphatic heterocycles. The van der Waals surface area contributed by atoms with Gasteiger partial charge in [-0.1, -0.05) is 23.2 Å². The largest absolute Gasteiger partial charge is 0.496 e. The van der Waals surface area contributed by atoms with Crippen molar-refractivity contribution in [1.82, 2.24) is 15.0 Å². The number of thiophene rings is 1. The molecule has 0 spiro atoms. The van der Waals surface area contributed by atoms with Gasteiger partial charge in [-0.3, -0.25) is 0 Å². The first-order valence-electron chi connectivity index (χ1n) is 5.02. The van der Waals surface area contributed by atoms with Gasteiger partial charge in [0.25, 0.3) is 0 Å². The Morgan fingerprint density at radius 1 is 1.28 bits per heavy atom. The molecule has 18 heavy (non-hydrogen) atoms. The normalized spacial score (nSPS) is 11.1. The van der Waals surface area contributed by atoms with Crippen LogP contribution in [0.4, 0.5) is 0 Å². The van der Waals surface area contributed by atoms with Crippen molar-refractivity contribution in [2.75, 3.05) is 7.11 Å². The van der Waals surface area contributed by atoms with E-state index < -0.39 is 0 Å². The SMILES string of the molecule is COc1csc(-c2nc3nc(Cl)c(Cl)cc3[nH]2)c1. The third-order valence-corrected chi connectivity index (χ3v) is 4.02. The van der Waals surface area contributed by atoms with Crippen molar-refractivity contribution in [3.8, 4) is 16.5 Å². The molecule has 0 aliphatic carbocycles. The summed E-state index contributed by atoms with van der Waals surface area (Å²) >= 11 is 13.3. The van der Waals surface area contributed by atoms with Gasteiger partial charge in [0.2, 0.25) is 0 Å². The molecule has 3 rings (SSSR count). The predicted octanol–water partition coefficient (Wildman–Crippen LogP) is 4.00. The summed E-state index contributed by atoms with van der Waals surface area (Å²) in [4.78, 5) is 12.6. The van der Waals surface area contributed by atoms with E-state index in [4.69, 9.17) is 27.9 Å². The van der Waals surface area contributed by atoms with E-state index in [1.165, 1.54) is 11.3 Å². The number of imidazole rings is 1. The van der Waals surface area contributed by atoms with Crippen LogP contribution >= 0.6 is 34.5 Å². The fourth-order valence-corrected chi connectivity index (χ4v) is 2.65. The molecule has 0 aliphatic rings. The molecule has 0 saturated heterocycles. The van der Waals surface area contributed by atoms with Gasteiger partial charge in [-0.15, -0.1) is 11.3 Å². The molecule has 0 bridgehead atoms. The van der Waals surface area contributed by atoms with E-state index in [2.05, 4.69) is 15.0 Å². The minimum Gasteiger partial charge on any atom is -0.496 e. The van der Waals surface area contributed by atoms with E-state index in [1.54, 1.807) is 13.2 Å². The quantitative estimate of drug-likeness (QED) is 0.728. The summed E-state index contributed by atoms with van der Waals surface area (Å²) in [5.41, 5.74) is 1.30. The second kappa shape index (κ2) is 4.42. The fourth-order valence-electron chi connectivity index (χ4n) is 1.56. The lowest BCUT2D eigenvalue weighted by Crippen LogP contribution is -1.79. The number of nitrogens with one attached hydrogen (secondary N) is 1. The highest BCUT2D eigenvalue weighted by molar-refractivity contribution is 7.13. The Kier molecular flexibility index (Phi) is 2.89. The van der Waals surface area contributed by atoms with Crippen molar-refractivity contribution >= 4 is 45.7 Å². The second-order valence-corrected chi connectivity index (χ2v) is 5.24. The lowest BCUT2D eigenvalue weighted by atomic mass is 10.4. The zero-order valence-corrected chi connectivity index (χ0v) is 11.5. The van der Waals surface area contributed by atoms with Crippen molar-refractivity contribution in [2.24, 2.45) is 0 Å². The number of pyridine rings is 1. The van der Waals surface area contributed by atoms with Crippen LogP contribution in [0, 0.1) is 0 Å². The smallest absolute Gasteiger partial charge is 0.179 e. The van der Waals surface area contributed by atoms with Crippen LogP contribution in [0.25, 0.3) is 21.9 Å². The van der Waals surface area contributed by atoms with Crippen molar-refractivity contribution in [2.45, 2.75) is 0 Å². The van der Waals surface area contributed by atoms with Crippen molar-refractivity contribution in [3.05, 3.63) is 27.7 Å². The average Bonchev–Trinajstić information content (AvgIpc) is 2.95. The van der Waals surface area contributed by atoms with E-state index in [0.29, 0.717) is 10.7 Å². The maximum atomic E-state index is 5.91. The molecule has 0 amide bonds. The van der Waals surface area contributed by atoms with Gasteiger partial charge in [0.1, 0.15) is 10.9 Å². The molecule has 1 N–H and O–H groups in total. The molecule has 3 heterocycles. The van der Waals surface area contributed by atoms with E-state index in [0.717, 1.165) is 22.0 Å². The van der Waals surface area contributed by atoms with Crippen LogP contribution in [0.5, 0.6) is 5.75 Å². The monoisotopic (exact) mass is 299 g/mol. The third kappa shape index (κ3) is 1.94. The van der Waals surface area contributed by atoms with Crippen molar-refractivity contribution in [1.29, 1.82) is 0 Å². The maximum absolute atomic E-state index is 5.91. The van der Waals surface area contributed by atoms with Crippen LogP contribution in [-0.4, -0.2) is 22.1 Å². The number of fused-ring (bicyclic) bond motifs is 1. The Morgan fingerprint density at radius 2 is 2.11 bits per heavy atom. The molecule has 0 fully saturated rings. The summed E-state index contributed by atoms with van der Waals surface area (Å²) in [5.74, 6) is 1.53. The van der Waals surface area contributed by atoms with Crippen LogP contribution in [0.1, 0.15) is 0 Å². The number of aromatic nitrogens is 3. The third-order valence-electron chi connectivity index (χ3n) is 2.43. The molecular weight excluding hydrogens is 293 g/mol. The Bertz CT molecular complexity index is 683. The highest BCUT2D eigenvalue weighted by Crippen LogP contribution is 2.31. The zero-order chi connectivity index (χ0) is 12.7. The summed E-state index contributed by atoms with van der Waals surface area (Å²) in [7, 11) is 1.63. The topological polar surface area (TPSA) is 50.8 Å². The lowest BCUT2D eigenvalue weighted by Gasteiger charge is -1.92. The minimum absolute atomic E-state index is 0.256. The van der Waals surface area contributed by atoms with Gasteiger partial charge in [-0.2, -0.15) is 0 Å². The van der Waals surface area contributed by atoms with Crippen LogP contribution < -0.4 is 4.74 Å². The molecule has 3 aromatic heterocycles. The van der Waals surface area contributed by atoms with Gasteiger partial charge in [0.05, 0.1) is 22.5 Å². The van der Waals surface area contributed by atoms with E-state index in [1.807, 2.05) is 11.4 Å². The van der Waals surface area contributed by atoms with Gasteiger partial charge in [0.15, 0.2) is 11.5 Å². The summed E-state index contributed by atoms with van der Waals surface area (Å²) in [6.45, 7) is 0. The molecule has 0 unspecified atom stereocenters. The van der Waals surface area contributed by atoms with E-state index >= 15 is 0 Å². The second-order valence-electron chi connectivity index (χ2n) is 3.57. The molecule has 0 aromatic carbocycles. The molecule has 0 atom stereocenters. The van der Waals surface area contributed by atoms with Crippen molar-refractivity contribution in [3.63, 3.8) is 0 Å². The first kappa shape index (κ1) is 11.8. The Labute approximate surface area is 117 Å². The van der Waals surface area contributed by atoms with Gasteiger partial charge in [-0.25, -0.2) is 9.97 Å². The minimum atomic E-state index is 0.256. The molecule has 4 nitrogen and oxygen atoms in total. The highest BCUT2D eigenvalue weighted by atomic mass is 35.5. The number of H-pyrrole nitrogens is 1. The molecule has 7 heteroatoms. The molecular formula is C11H7Cl2N3OS. The summed E-state index contributed by atoms with van der Waals surface area (Å²) in [6, 6.07) is 3.62. The number of rotatable bonds is 2. The van der Waals surface area contributed by atoms with Gasteiger partial charge in [-0.05, 0) is 6.07 Å². The Balaban J connectivity index is 2.13. The molecule has 0 radical (unpaired) electrons. The number of methoxy groups -OCH3 is 1. The summed E-state index contributed by atoms with van der Waals surface area (Å²) in [6.07, 6.45) is 0. The predicted molar refractivity (Wildman–Crippen MR) is 73.8 cm³/mol. The number of ether oxygens (including phenoxy) is 1. The van der Waals surface area contributed by atoms with E-state index in [-0.39, 0.29) is 5.15 Å². The number of nitrogens with zero attached hydrogens (tertiary/aromatic N) is 2. The number of hydrogen-bond acceptors (Lipinski definition) is 4. The number of hydrogen-bond donors (Lipinski definition) is 1. The Morgan fingerprint density at radius 3 is 2.83 bits per heavy atom. The number of halogens is 2. The van der Waals surface area contributed by atoms with Gasteiger partial charge >= 0.3 is 0 Å². The highest BCUT2D eigenvalue weighted by Gasteiger charge is 2.11. The average molecular weight is 300 g/mol. The van der Waals surface area contributed by atoms with Crippen LogP contribution in [0.15, 0.2) is 17.5 Å². The van der Waals surface area contributed by atoms with Gasteiger partial charge in [0, 0.05) is 11.4 Å². The zero-order valence-electron chi connectivity index (χ0n) is 9.20. The summed E-state index contributed by atoms with van der Waals surface area (Å²) in [5, 5.41) is 2.57. The number of aromatic amines is 1. The standard InChI is InChI=1S/C11H7Cl2N3OS/c1-17-5-2-8(18-4-5)11-14-7-3-6(12)9(13)15-10(7)16-11/h2-4H,1H3,(H,14,15,16). The fraction of sp³-hybridized carbons (Fsp3) is 0.0909. The molecule has 3 aromatic rings. The molecule has 0 saturated carbocycles. The van der Waals surface area contributed by atoms with E-state index in [9.17, 15) is 0 Å². The molecule has 92 valence electrons. The first-order valence-corrected chi connectivity index (χ1v) is 6.65. The first-order chi connectivity index (χ1) is 8.67. The van der Waals surface area contributed by atoms with Crippen LogP contribution in [0.2, 0.25) is 10.2 Å². The van der Waals surface area contributed by atoms with Gasteiger partial charge < -0.3 is 9.72 Å². The summed E-state index contributed by atoms with van der Waals surface area (Å²) < 4.78 is 5.14. The van der Waals surface area contributed by atoms with Crippen molar-refractivity contribution < 1.29 is 4.74 Å². The maximum Gasteiger partial charge on any atom is 0.179 e. The van der Waals surface area contributed by atoms with Crippen LogP contribution in [0.3, 0.4) is 0 Å². The lowest BCUT2D eigenvalue weighted by molar-refractivity contribution is 0.417.